The molecule has 1 aromatic heterocycles. The Balaban J connectivity index is 2.06. The van der Waals surface area contributed by atoms with Crippen LogP contribution in [-0.2, 0) is 0 Å². The number of anilines is 3. The van der Waals surface area contributed by atoms with E-state index in [9.17, 15) is 5.11 Å². The summed E-state index contributed by atoms with van der Waals surface area (Å²) in [6, 6.07) is 0. The third kappa shape index (κ3) is 4.15. The Labute approximate surface area is 125 Å². The Morgan fingerprint density at radius 2 is 2.05 bits per heavy atom. The minimum atomic E-state index is -0.696. The molecule has 1 saturated carbocycles. The normalized spacial score (nSPS) is 25.5. The van der Waals surface area contributed by atoms with Gasteiger partial charge in [0, 0.05) is 20.6 Å². The summed E-state index contributed by atoms with van der Waals surface area (Å²) in [4.78, 5) is 14.4. The topological polar surface area (TPSA) is 112 Å². The highest BCUT2D eigenvalue weighted by Gasteiger charge is 2.32. The van der Waals surface area contributed by atoms with Gasteiger partial charge in [-0.25, -0.2) is 5.84 Å². The van der Waals surface area contributed by atoms with Crippen molar-refractivity contribution in [3.63, 3.8) is 0 Å². The van der Waals surface area contributed by atoms with Gasteiger partial charge in [-0.15, -0.1) is 0 Å². The zero-order valence-corrected chi connectivity index (χ0v) is 12.9. The van der Waals surface area contributed by atoms with Crippen LogP contribution in [0.1, 0.15) is 32.6 Å². The molecule has 1 fully saturated rings. The lowest BCUT2D eigenvalue weighted by atomic mass is 9.79. The fourth-order valence-corrected chi connectivity index (χ4v) is 2.74. The maximum atomic E-state index is 10.6. The second-order valence-electron chi connectivity index (χ2n) is 6.10. The van der Waals surface area contributed by atoms with Gasteiger partial charge in [-0.2, -0.15) is 15.0 Å². The summed E-state index contributed by atoms with van der Waals surface area (Å²) in [7, 11) is 3.69. The van der Waals surface area contributed by atoms with Crippen molar-refractivity contribution in [2.45, 2.75) is 38.2 Å². The molecule has 1 heterocycles. The van der Waals surface area contributed by atoms with Gasteiger partial charge in [-0.1, -0.05) is 19.8 Å². The van der Waals surface area contributed by atoms with Crippen molar-refractivity contribution in [1.82, 2.24) is 15.0 Å². The summed E-state index contributed by atoms with van der Waals surface area (Å²) in [5.74, 6) is 7.12. The van der Waals surface area contributed by atoms with Gasteiger partial charge < -0.3 is 15.3 Å². The van der Waals surface area contributed by atoms with E-state index in [2.05, 4.69) is 32.6 Å². The standard InChI is InChI=1S/C13H25N7O/c1-9-5-4-6-13(21,7-9)8-15-10-16-11(19-14)18-12(17-10)20(2)3/h9,21H,4-8,14H2,1-3H3,(H2,15,16,17,18,19). The first-order valence-corrected chi connectivity index (χ1v) is 7.28. The van der Waals surface area contributed by atoms with E-state index < -0.39 is 5.60 Å². The SMILES string of the molecule is CC1CCCC(O)(CNc2nc(NN)nc(N(C)C)n2)C1. The highest BCUT2D eigenvalue weighted by molar-refractivity contribution is 5.42. The lowest BCUT2D eigenvalue weighted by Crippen LogP contribution is -2.41. The Morgan fingerprint density at radius 1 is 1.33 bits per heavy atom. The number of aromatic nitrogens is 3. The van der Waals surface area contributed by atoms with Gasteiger partial charge >= 0.3 is 0 Å². The number of hydrogen-bond donors (Lipinski definition) is 4. The van der Waals surface area contributed by atoms with Gasteiger partial charge in [0.1, 0.15) is 0 Å². The van der Waals surface area contributed by atoms with Crippen molar-refractivity contribution >= 4 is 17.8 Å². The molecule has 0 bridgehead atoms. The molecule has 8 heteroatoms. The number of hydrazine groups is 1. The summed E-state index contributed by atoms with van der Waals surface area (Å²) in [6.07, 6.45) is 3.83. The number of hydrogen-bond acceptors (Lipinski definition) is 8. The number of rotatable bonds is 5. The average molecular weight is 295 g/mol. The molecule has 1 aromatic rings. The Morgan fingerprint density at radius 3 is 2.67 bits per heavy atom. The fraction of sp³-hybridized carbons (Fsp3) is 0.769. The zero-order chi connectivity index (χ0) is 15.5. The highest BCUT2D eigenvalue weighted by atomic mass is 16.3. The van der Waals surface area contributed by atoms with Gasteiger partial charge in [0.05, 0.1) is 5.60 Å². The molecule has 2 unspecified atom stereocenters. The van der Waals surface area contributed by atoms with Crippen LogP contribution in [0, 0.1) is 5.92 Å². The van der Waals surface area contributed by atoms with Crippen molar-refractivity contribution in [2.75, 3.05) is 36.3 Å². The Hall–Kier alpha value is -1.67. The molecule has 0 spiro atoms. The molecule has 118 valence electrons. The summed E-state index contributed by atoms with van der Waals surface area (Å²) >= 11 is 0. The number of nitrogens with zero attached hydrogens (tertiary/aromatic N) is 4. The number of nitrogens with one attached hydrogen (secondary N) is 2. The van der Waals surface area contributed by atoms with E-state index in [-0.39, 0.29) is 0 Å². The van der Waals surface area contributed by atoms with E-state index in [4.69, 9.17) is 5.84 Å². The monoisotopic (exact) mass is 295 g/mol. The van der Waals surface area contributed by atoms with E-state index >= 15 is 0 Å². The smallest absolute Gasteiger partial charge is 0.243 e. The second-order valence-corrected chi connectivity index (χ2v) is 6.10. The Bertz CT molecular complexity index is 482. The van der Waals surface area contributed by atoms with Crippen LogP contribution < -0.4 is 21.5 Å². The van der Waals surface area contributed by atoms with E-state index in [0.29, 0.717) is 30.3 Å². The van der Waals surface area contributed by atoms with Crippen molar-refractivity contribution < 1.29 is 5.11 Å². The average Bonchev–Trinajstić information content (AvgIpc) is 2.44. The van der Waals surface area contributed by atoms with E-state index in [1.54, 1.807) is 4.90 Å². The quantitative estimate of drug-likeness (QED) is 0.461. The molecular weight excluding hydrogens is 270 g/mol. The number of nitrogen functional groups attached to an aromatic ring is 1. The first kappa shape index (κ1) is 15.7. The van der Waals surface area contributed by atoms with Crippen LogP contribution in [0.3, 0.4) is 0 Å². The summed E-state index contributed by atoms with van der Waals surface area (Å²) in [6.45, 7) is 2.60. The van der Waals surface area contributed by atoms with E-state index in [0.717, 1.165) is 19.3 Å². The van der Waals surface area contributed by atoms with Crippen molar-refractivity contribution in [3.05, 3.63) is 0 Å². The Kier molecular flexibility index (Phi) is 4.79. The van der Waals surface area contributed by atoms with Crippen LogP contribution in [0.4, 0.5) is 17.8 Å². The van der Waals surface area contributed by atoms with E-state index in [1.807, 2.05) is 14.1 Å². The lowest BCUT2D eigenvalue weighted by Gasteiger charge is -2.35. The molecule has 1 aliphatic rings. The maximum absolute atomic E-state index is 10.6. The molecule has 2 atom stereocenters. The maximum Gasteiger partial charge on any atom is 0.243 e. The molecule has 5 N–H and O–H groups in total. The molecular formula is C13H25N7O. The zero-order valence-electron chi connectivity index (χ0n) is 12.9. The highest BCUT2D eigenvalue weighted by Crippen LogP contribution is 2.32. The lowest BCUT2D eigenvalue weighted by molar-refractivity contribution is -0.000897. The summed E-state index contributed by atoms with van der Waals surface area (Å²) in [5, 5.41) is 13.7. The molecule has 21 heavy (non-hydrogen) atoms. The van der Waals surface area contributed by atoms with Crippen molar-refractivity contribution in [2.24, 2.45) is 11.8 Å². The molecule has 0 radical (unpaired) electrons. The van der Waals surface area contributed by atoms with Crippen LogP contribution in [-0.4, -0.2) is 46.3 Å². The van der Waals surface area contributed by atoms with Crippen LogP contribution in [0.2, 0.25) is 0 Å². The van der Waals surface area contributed by atoms with Gasteiger partial charge in [0.25, 0.3) is 0 Å². The molecule has 0 saturated heterocycles. The fourth-order valence-electron chi connectivity index (χ4n) is 2.74. The van der Waals surface area contributed by atoms with Crippen molar-refractivity contribution in [1.29, 1.82) is 0 Å². The second kappa shape index (κ2) is 6.40. The minimum Gasteiger partial charge on any atom is -0.388 e. The molecule has 2 rings (SSSR count). The minimum absolute atomic E-state index is 0.292. The molecule has 0 aromatic carbocycles. The predicted octanol–water partition coefficient (Wildman–Crippen LogP) is 0.576. The molecule has 0 aliphatic heterocycles. The van der Waals surface area contributed by atoms with Crippen LogP contribution >= 0.6 is 0 Å². The first-order chi connectivity index (χ1) is 9.92. The largest absolute Gasteiger partial charge is 0.388 e. The molecule has 1 aliphatic carbocycles. The van der Waals surface area contributed by atoms with E-state index in [1.165, 1.54) is 6.42 Å². The van der Waals surface area contributed by atoms with Crippen molar-refractivity contribution in [3.8, 4) is 0 Å². The summed E-state index contributed by atoms with van der Waals surface area (Å²) < 4.78 is 0. The third-order valence-corrected chi connectivity index (χ3v) is 3.80. The van der Waals surface area contributed by atoms with Gasteiger partial charge in [0.15, 0.2) is 0 Å². The molecule has 0 amide bonds. The molecule has 8 nitrogen and oxygen atoms in total. The van der Waals surface area contributed by atoms with Gasteiger partial charge in [-0.05, 0) is 18.8 Å². The third-order valence-electron chi connectivity index (χ3n) is 3.80. The summed E-state index contributed by atoms with van der Waals surface area (Å²) in [5.41, 5.74) is 1.73. The predicted molar refractivity (Wildman–Crippen MR) is 83.0 cm³/mol. The van der Waals surface area contributed by atoms with Crippen LogP contribution in [0.15, 0.2) is 0 Å². The first-order valence-electron chi connectivity index (χ1n) is 7.28. The van der Waals surface area contributed by atoms with Gasteiger partial charge in [0.2, 0.25) is 17.8 Å². The number of nitrogens with two attached hydrogens (primary N) is 1. The van der Waals surface area contributed by atoms with Gasteiger partial charge in [-0.3, -0.25) is 5.43 Å². The number of aliphatic hydroxyl groups is 1. The van der Waals surface area contributed by atoms with Crippen LogP contribution in [0.25, 0.3) is 0 Å². The van der Waals surface area contributed by atoms with Crippen LogP contribution in [0.5, 0.6) is 0 Å².